The first-order valence-corrected chi connectivity index (χ1v) is 5.90. The van der Waals surface area contributed by atoms with Crippen LogP contribution >= 0.6 is 11.6 Å². The lowest BCUT2D eigenvalue weighted by molar-refractivity contribution is 0.103. The van der Waals surface area contributed by atoms with Crippen molar-refractivity contribution in [3.05, 3.63) is 64.2 Å². The summed E-state index contributed by atoms with van der Waals surface area (Å²) in [6, 6.07) is 11.2. The Balaban J connectivity index is 2.48. The quantitative estimate of drug-likeness (QED) is 0.804. The van der Waals surface area contributed by atoms with Gasteiger partial charge in [0.2, 0.25) is 6.29 Å². The molecule has 3 nitrogen and oxygen atoms in total. The molecule has 4 heteroatoms. The van der Waals surface area contributed by atoms with E-state index in [-0.39, 0.29) is 16.9 Å². The molecule has 0 aromatic heterocycles. The molecule has 0 aliphatic rings. The van der Waals surface area contributed by atoms with Crippen LogP contribution < -0.4 is 4.74 Å². The van der Waals surface area contributed by atoms with Gasteiger partial charge in [0.15, 0.2) is 5.78 Å². The number of rotatable bonds is 4. The molecule has 19 heavy (non-hydrogen) atoms. The second-order valence-electron chi connectivity index (χ2n) is 3.85. The average Bonchev–Trinajstić information content (AvgIpc) is 2.46. The van der Waals surface area contributed by atoms with Crippen LogP contribution in [0.25, 0.3) is 0 Å². The van der Waals surface area contributed by atoms with Crippen LogP contribution in [-0.2, 0) is 4.79 Å². The van der Waals surface area contributed by atoms with Gasteiger partial charge in [-0.2, -0.15) is 0 Å². The van der Waals surface area contributed by atoms with E-state index in [0.717, 1.165) is 0 Å². The predicted octanol–water partition coefficient (Wildman–Crippen LogP) is 3.04. The van der Waals surface area contributed by atoms with Crippen LogP contribution in [0.15, 0.2) is 42.5 Å². The van der Waals surface area contributed by atoms with E-state index in [1.54, 1.807) is 36.6 Å². The van der Waals surface area contributed by atoms with Gasteiger partial charge >= 0.3 is 0 Å². The molecule has 0 amide bonds. The van der Waals surface area contributed by atoms with Gasteiger partial charge in [0, 0.05) is 21.7 Å². The van der Waals surface area contributed by atoms with Crippen LogP contribution in [0, 0.1) is 0 Å². The van der Waals surface area contributed by atoms with Gasteiger partial charge in [-0.1, -0.05) is 23.7 Å². The van der Waals surface area contributed by atoms with Gasteiger partial charge in [0.05, 0.1) is 7.11 Å². The number of ether oxygens (including phenoxy) is 1. The normalized spacial score (nSPS) is 10.0. The molecule has 95 valence electrons. The van der Waals surface area contributed by atoms with Gasteiger partial charge in [-0.25, -0.2) is 0 Å². The third kappa shape index (κ3) is 2.83. The van der Waals surface area contributed by atoms with Gasteiger partial charge in [0.25, 0.3) is 0 Å². The van der Waals surface area contributed by atoms with Crippen molar-refractivity contribution in [1.82, 2.24) is 0 Å². The van der Waals surface area contributed by atoms with Crippen LogP contribution in [0.4, 0.5) is 0 Å². The molecular weight excluding hydrogens is 264 g/mol. The molecule has 2 rings (SSSR count). The standard InChI is InChI=1S/C15H10ClO3/c1-19-13-4-2-3-10(7-13)15(18)14-8-12(16)6-5-11(14)9-17/h2-8H,1H3. The van der Waals surface area contributed by atoms with Crippen LogP contribution in [0.5, 0.6) is 5.75 Å². The highest BCUT2D eigenvalue weighted by molar-refractivity contribution is 6.31. The summed E-state index contributed by atoms with van der Waals surface area (Å²) < 4.78 is 5.07. The van der Waals surface area contributed by atoms with Crippen molar-refractivity contribution in [2.24, 2.45) is 0 Å². The zero-order valence-corrected chi connectivity index (χ0v) is 10.9. The molecule has 1 radical (unpaired) electrons. The third-order valence-electron chi connectivity index (χ3n) is 2.67. The Kier molecular flexibility index (Phi) is 3.97. The Labute approximate surface area is 115 Å². The fourth-order valence-electron chi connectivity index (χ4n) is 1.71. The van der Waals surface area contributed by atoms with Crippen molar-refractivity contribution < 1.29 is 14.3 Å². The molecular formula is C15H10ClO3. The first-order chi connectivity index (χ1) is 9.15. The summed E-state index contributed by atoms with van der Waals surface area (Å²) in [5.74, 6) is 0.282. The van der Waals surface area contributed by atoms with Gasteiger partial charge in [-0.05, 0) is 30.3 Å². The Hall–Kier alpha value is -2.13. The fourth-order valence-corrected chi connectivity index (χ4v) is 1.89. The van der Waals surface area contributed by atoms with Gasteiger partial charge < -0.3 is 4.74 Å². The molecule has 0 N–H and O–H groups in total. The van der Waals surface area contributed by atoms with E-state index in [9.17, 15) is 9.59 Å². The molecule has 0 heterocycles. The molecule has 0 spiro atoms. The SMILES string of the molecule is COc1cccc(C(=O)c2cc(Cl)ccc2[C]=O)c1. The van der Waals surface area contributed by atoms with Gasteiger partial charge in [-0.3, -0.25) is 9.59 Å². The largest absolute Gasteiger partial charge is 0.497 e. The van der Waals surface area contributed by atoms with Crippen molar-refractivity contribution in [3.63, 3.8) is 0 Å². The molecule has 0 bridgehead atoms. The number of carbonyl (C=O) groups is 1. The molecule has 0 aliphatic heterocycles. The Bertz CT molecular complexity index is 635. The lowest BCUT2D eigenvalue weighted by Gasteiger charge is -2.06. The number of hydrogen-bond donors (Lipinski definition) is 0. The maximum absolute atomic E-state index is 12.4. The number of halogens is 1. The van der Waals surface area contributed by atoms with E-state index in [4.69, 9.17) is 16.3 Å². The molecule has 0 aliphatic carbocycles. The van der Waals surface area contributed by atoms with E-state index in [1.807, 2.05) is 0 Å². The average molecular weight is 274 g/mol. The number of carbonyl (C=O) groups excluding carboxylic acids is 2. The van der Waals surface area contributed by atoms with E-state index in [1.165, 1.54) is 19.2 Å². The highest BCUT2D eigenvalue weighted by atomic mass is 35.5. The van der Waals surface area contributed by atoms with Crippen molar-refractivity contribution in [2.75, 3.05) is 7.11 Å². The fraction of sp³-hybridized carbons (Fsp3) is 0.0667. The van der Waals surface area contributed by atoms with Gasteiger partial charge in [-0.15, -0.1) is 0 Å². The number of benzene rings is 2. The summed E-state index contributed by atoms with van der Waals surface area (Å²) in [5, 5.41) is 0.394. The van der Waals surface area contributed by atoms with Crippen LogP contribution in [0.2, 0.25) is 5.02 Å². The van der Waals surface area contributed by atoms with Crippen molar-refractivity contribution in [3.8, 4) is 5.75 Å². The Morgan fingerprint density at radius 3 is 2.68 bits per heavy atom. The van der Waals surface area contributed by atoms with Crippen LogP contribution in [0.1, 0.15) is 21.5 Å². The molecule has 0 saturated heterocycles. The van der Waals surface area contributed by atoms with E-state index in [2.05, 4.69) is 0 Å². The molecule has 2 aromatic carbocycles. The van der Waals surface area contributed by atoms with Crippen LogP contribution in [0.3, 0.4) is 0 Å². The summed E-state index contributed by atoms with van der Waals surface area (Å²) >= 11 is 5.86. The zero-order chi connectivity index (χ0) is 13.8. The second-order valence-corrected chi connectivity index (χ2v) is 4.29. The smallest absolute Gasteiger partial charge is 0.234 e. The predicted molar refractivity (Wildman–Crippen MR) is 72.7 cm³/mol. The molecule has 0 saturated carbocycles. The lowest BCUT2D eigenvalue weighted by Crippen LogP contribution is -2.05. The number of hydrogen-bond acceptors (Lipinski definition) is 3. The van der Waals surface area contributed by atoms with E-state index < -0.39 is 0 Å². The van der Waals surface area contributed by atoms with Crippen LogP contribution in [-0.4, -0.2) is 19.2 Å². The summed E-state index contributed by atoms with van der Waals surface area (Å²) in [5.41, 5.74) is 0.853. The van der Waals surface area contributed by atoms with E-state index >= 15 is 0 Å². The molecule has 0 atom stereocenters. The maximum atomic E-state index is 12.4. The highest BCUT2D eigenvalue weighted by Gasteiger charge is 2.15. The molecule has 2 aromatic rings. The minimum atomic E-state index is -0.292. The van der Waals surface area contributed by atoms with Crippen molar-refractivity contribution in [2.45, 2.75) is 0 Å². The van der Waals surface area contributed by atoms with E-state index in [0.29, 0.717) is 16.3 Å². The van der Waals surface area contributed by atoms with Gasteiger partial charge in [0.1, 0.15) is 5.75 Å². The minimum Gasteiger partial charge on any atom is -0.497 e. The second kappa shape index (κ2) is 5.67. The minimum absolute atomic E-state index is 0.192. The van der Waals surface area contributed by atoms with Crippen molar-refractivity contribution in [1.29, 1.82) is 0 Å². The zero-order valence-electron chi connectivity index (χ0n) is 10.1. The molecule has 0 fully saturated rings. The first kappa shape index (κ1) is 13.3. The van der Waals surface area contributed by atoms with Crippen molar-refractivity contribution >= 4 is 23.7 Å². The summed E-state index contributed by atoms with van der Waals surface area (Å²) in [6.45, 7) is 0. The monoisotopic (exact) mass is 273 g/mol. The Morgan fingerprint density at radius 1 is 1.21 bits per heavy atom. The maximum Gasteiger partial charge on any atom is 0.234 e. The molecule has 0 unspecified atom stereocenters. The number of ketones is 1. The number of methoxy groups -OCH3 is 1. The summed E-state index contributed by atoms with van der Waals surface area (Å²) in [4.78, 5) is 23.2. The third-order valence-corrected chi connectivity index (χ3v) is 2.90. The summed E-state index contributed by atoms with van der Waals surface area (Å²) in [7, 11) is 1.52. The topological polar surface area (TPSA) is 43.4 Å². The summed E-state index contributed by atoms with van der Waals surface area (Å²) in [6.07, 6.45) is 1.74. The lowest BCUT2D eigenvalue weighted by atomic mass is 9.99. The first-order valence-electron chi connectivity index (χ1n) is 5.52. The highest BCUT2D eigenvalue weighted by Crippen LogP contribution is 2.20. The Morgan fingerprint density at radius 2 is 2.00 bits per heavy atom.